The van der Waals surface area contributed by atoms with Gasteiger partial charge in [-0.25, -0.2) is 15.1 Å². The normalized spacial score (nSPS) is 10.1. The van der Waals surface area contributed by atoms with Crippen molar-refractivity contribution >= 4 is 17.7 Å². The van der Waals surface area contributed by atoms with E-state index in [9.17, 15) is 9.59 Å². The molecule has 1 amide bonds. The first kappa shape index (κ1) is 11.7. The predicted octanol–water partition coefficient (Wildman–Crippen LogP) is -0.297. The number of aromatic amines is 1. The minimum atomic E-state index is -0.480. The number of amides is 1. The van der Waals surface area contributed by atoms with Crippen LogP contribution < -0.4 is 16.6 Å². The Kier molecular flexibility index (Phi) is 3.00. The summed E-state index contributed by atoms with van der Waals surface area (Å²) in [4.78, 5) is 30.3. The monoisotopic (exact) mass is 246 g/mol. The first-order chi connectivity index (χ1) is 8.54. The minimum absolute atomic E-state index is 0.0228. The second kappa shape index (κ2) is 4.62. The molecule has 2 aromatic heterocycles. The fraction of sp³-hybridized carbons (Fsp3) is 0.100. The molecule has 8 nitrogen and oxygen atoms in total. The van der Waals surface area contributed by atoms with Crippen LogP contribution in [0.25, 0.3) is 0 Å². The highest BCUT2D eigenvalue weighted by Crippen LogP contribution is 2.05. The van der Waals surface area contributed by atoms with Gasteiger partial charge in [-0.3, -0.25) is 9.59 Å². The summed E-state index contributed by atoms with van der Waals surface area (Å²) in [5.41, 5.74) is 5.81. The molecule has 0 spiro atoms. The third kappa shape index (κ3) is 2.67. The highest BCUT2D eigenvalue weighted by atomic mass is 16.2. The number of nitrogens with zero attached hydrogens (tertiary/aromatic N) is 3. The standard InChI is InChI=1S/C10H10N6O2/c1-5-4-6(13-10(11)12-5)9(18)14-7-2-3-8(17)16-15-7/h2-4H,1H3,(H,16,17)(H2,11,12,13)(H,14,15,18). The number of carbonyl (C=O) groups is 1. The summed E-state index contributed by atoms with van der Waals surface area (Å²) >= 11 is 0. The van der Waals surface area contributed by atoms with Gasteiger partial charge in [0.1, 0.15) is 5.69 Å². The quantitative estimate of drug-likeness (QED) is 0.667. The number of aryl methyl sites for hydroxylation is 1. The maximum Gasteiger partial charge on any atom is 0.275 e. The van der Waals surface area contributed by atoms with Crippen LogP contribution in [0.5, 0.6) is 0 Å². The van der Waals surface area contributed by atoms with Crippen LogP contribution in [0.15, 0.2) is 23.0 Å². The zero-order valence-electron chi connectivity index (χ0n) is 9.47. The largest absolute Gasteiger partial charge is 0.368 e. The summed E-state index contributed by atoms with van der Waals surface area (Å²) in [6.07, 6.45) is 0. The van der Waals surface area contributed by atoms with Gasteiger partial charge in [0, 0.05) is 11.8 Å². The van der Waals surface area contributed by atoms with Gasteiger partial charge in [-0.15, -0.1) is 0 Å². The first-order valence-corrected chi connectivity index (χ1v) is 5.03. The smallest absolute Gasteiger partial charge is 0.275 e. The molecule has 8 heteroatoms. The molecule has 2 heterocycles. The average Bonchev–Trinajstić information content (AvgIpc) is 2.31. The maximum atomic E-state index is 11.8. The molecular weight excluding hydrogens is 236 g/mol. The van der Waals surface area contributed by atoms with Crippen LogP contribution in [-0.4, -0.2) is 26.1 Å². The molecule has 0 aliphatic rings. The lowest BCUT2D eigenvalue weighted by molar-refractivity contribution is 0.102. The molecule has 4 N–H and O–H groups in total. The summed E-state index contributed by atoms with van der Waals surface area (Å²) in [6, 6.07) is 4.13. The third-order valence-corrected chi connectivity index (χ3v) is 2.02. The fourth-order valence-electron chi connectivity index (χ4n) is 1.30. The molecule has 0 fully saturated rings. The van der Waals surface area contributed by atoms with E-state index >= 15 is 0 Å². The molecule has 0 atom stereocenters. The number of H-pyrrole nitrogens is 1. The van der Waals surface area contributed by atoms with Gasteiger partial charge in [0.2, 0.25) is 5.95 Å². The summed E-state index contributed by atoms with van der Waals surface area (Å²) in [7, 11) is 0. The topological polar surface area (TPSA) is 127 Å². The van der Waals surface area contributed by atoms with Crippen molar-refractivity contribution in [3.8, 4) is 0 Å². The number of hydrogen-bond acceptors (Lipinski definition) is 6. The van der Waals surface area contributed by atoms with Crippen LogP contribution in [0.2, 0.25) is 0 Å². The van der Waals surface area contributed by atoms with Gasteiger partial charge in [-0.1, -0.05) is 0 Å². The molecule has 0 unspecified atom stereocenters. The maximum absolute atomic E-state index is 11.8. The average molecular weight is 246 g/mol. The summed E-state index contributed by atoms with van der Waals surface area (Å²) < 4.78 is 0. The fourth-order valence-corrected chi connectivity index (χ4v) is 1.30. The Labute approximate surface area is 101 Å². The van der Waals surface area contributed by atoms with Gasteiger partial charge < -0.3 is 11.1 Å². The number of nitrogens with two attached hydrogens (primary N) is 1. The molecule has 0 bridgehead atoms. The molecule has 0 aliphatic carbocycles. The summed E-state index contributed by atoms with van der Waals surface area (Å²) in [5, 5.41) is 8.32. The lowest BCUT2D eigenvalue weighted by Gasteiger charge is -2.04. The second-order valence-electron chi connectivity index (χ2n) is 3.51. The van der Waals surface area contributed by atoms with E-state index in [-0.39, 0.29) is 23.0 Å². The van der Waals surface area contributed by atoms with Crippen molar-refractivity contribution in [2.75, 3.05) is 11.1 Å². The lowest BCUT2D eigenvalue weighted by Crippen LogP contribution is -2.18. The van der Waals surface area contributed by atoms with Crippen molar-refractivity contribution in [2.24, 2.45) is 0 Å². The molecule has 2 rings (SSSR count). The van der Waals surface area contributed by atoms with Crippen LogP contribution in [0.4, 0.5) is 11.8 Å². The highest BCUT2D eigenvalue weighted by Gasteiger charge is 2.10. The van der Waals surface area contributed by atoms with Gasteiger partial charge in [0.05, 0.1) is 0 Å². The number of hydrogen-bond donors (Lipinski definition) is 3. The zero-order valence-corrected chi connectivity index (χ0v) is 9.47. The van der Waals surface area contributed by atoms with E-state index in [1.54, 1.807) is 6.92 Å². The molecule has 2 aromatic rings. The van der Waals surface area contributed by atoms with Crippen molar-refractivity contribution in [3.05, 3.63) is 39.9 Å². The van der Waals surface area contributed by atoms with Gasteiger partial charge in [0.15, 0.2) is 5.82 Å². The van der Waals surface area contributed by atoms with Gasteiger partial charge >= 0.3 is 0 Å². The predicted molar refractivity (Wildman–Crippen MR) is 64.0 cm³/mol. The Balaban J connectivity index is 2.21. The molecule has 18 heavy (non-hydrogen) atoms. The molecule has 0 saturated carbocycles. The summed E-state index contributed by atoms with van der Waals surface area (Å²) in [6.45, 7) is 1.70. The number of aromatic nitrogens is 4. The summed E-state index contributed by atoms with van der Waals surface area (Å²) in [5.74, 6) is -0.240. The van der Waals surface area contributed by atoms with Crippen molar-refractivity contribution < 1.29 is 4.79 Å². The number of carbonyl (C=O) groups excluding carboxylic acids is 1. The van der Waals surface area contributed by atoms with Crippen LogP contribution >= 0.6 is 0 Å². The third-order valence-electron chi connectivity index (χ3n) is 2.02. The van der Waals surface area contributed by atoms with E-state index in [0.29, 0.717) is 5.69 Å². The Morgan fingerprint density at radius 1 is 1.39 bits per heavy atom. The van der Waals surface area contributed by atoms with E-state index in [1.165, 1.54) is 18.2 Å². The van der Waals surface area contributed by atoms with Crippen LogP contribution in [0.3, 0.4) is 0 Å². The molecule has 0 saturated heterocycles. The van der Waals surface area contributed by atoms with Crippen molar-refractivity contribution in [1.29, 1.82) is 0 Å². The highest BCUT2D eigenvalue weighted by molar-refractivity contribution is 6.02. The van der Waals surface area contributed by atoms with E-state index in [4.69, 9.17) is 5.73 Å². The van der Waals surface area contributed by atoms with Crippen LogP contribution in [0, 0.1) is 6.92 Å². The van der Waals surface area contributed by atoms with E-state index in [1.807, 2.05) is 0 Å². The molecule has 0 radical (unpaired) electrons. The Morgan fingerprint density at radius 2 is 2.17 bits per heavy atom. The number of nitrogen functional groups attached to an aromatic ring is 1. The van der Waals surface area contributed by atoms with Crippen molar-refractivity contribution in [1.82, 2.24) is 20.2 Å². The first-order valence-electron chi connectivity index (χ1n) is 5.03. The molecular formula is C10H10N6O2. The molecule has 0 aliphatic heterocycles. The number of anilines is 2. The zero-order chi connectivity index (χ0) is 13.1. The van der Waals surface area contributed by atoms with Crippen molar-refractivity contribution in [2.45, 2.75) is 6.92 Å². The number of rotatable bonds is 2. The minimum Gasteiger partial charge on any atom is -0.368 e. The Morgan fingerprint density at radius 3 is 2.78 bits per heavy atom. The second-order valence-corrected chi connectivity index (χ2v) is 3.51. The van der Waals surface area contributed by atoms with E-state index < -0.39 is 5.91 Å². The molecule has 92 valence electrons. The van der Waals surface area contributed by atoms with E-state index in [0.717, 1.165) is 0 Å². The molecule has 0 aromatic carbocycles. The van der Waals surface area contributed by atoms with E-state index in [2.05, 4.69) is 25.5 Å². The SMILES string of the molecule is Cc1cc(C(=O)Nc2ccc(=O)[nH]n2)nc(N)n1. The van der Waals surface area contributed by atoms with Gasteiger partial charge in [0.25, 0.3) is 11.5 Å². The van der Waals surface area contributed by atoms with Gasteiger partial charge in [-0.2, -0.15) is 5.10 Å². The van der Waals surface area contributed by atoms with Gasteiger partial charge in [-0.05, 0) is 19.1 Å². The number of nitrogens with one attached hydrogen (secondary N) is 2. The Hall–Kier alpha value is -2.77. The van der Waals surface area contributed by atoms with Crippen LogP contribution in [0.1, 0.15) is 16.2 Å². The van der Waals surface area contributed by atoms with Crippen LogP contribution in [-0.2, 0) is 0 Å². The van der Waals surface area contributed by atoms with Crippen molar-refractivity contribution in [3.63, 3.8) is 0 Å². The lowest BCUT2D eigenvalue weighted by atomic mass is 10.3. The Bertz CT molecular complexity index is 610.